The quantitative estimate of drug-likeness (QED) is 0.231. The largest absolute Gasteiger partial charge is 0.352 e. The van der Waals surface area contributed by atoms with Gasteiger partial charge in [-0.2, -0.15) is 0 Å². The van der Waals surface area contributed by atoms with E-state index in [4.69, 9.17) is 5.21 Å². The van der Waals surface area contributed by atoms with Gasteiger partial charge in [0.2, 0.25) is 11.8 Å². The predicted octanol–water partition coefficient (Wildman–Crippen LogP) is 4.38. The van der Waals surface area contributed by atoms with Crippen molar-refractivity contribution in [1.29, 1.82) is 0 Å². The number of nitrogens with zero attached hydrogens (tertiary/aromatic N) is 2. The van der Waals surface area contributed by atoms with Crippen molar-refractivity contribution in [3.63, 3.8) is 0 Å². The second kappa shape index (κ2) is 14.6. The van der Waals surface area contributed by atoms with Crippen LogP contribution in [0.4, 0.5) is 0 Å². The van der Waals surface area contributed by atoms with E-state index in [1.165, 1.54) is 0 Å². The summed E-state index contributed by atoms with van der Waals surface area (Å²) in [7, 11) is 1.77. The lowest BCUT2D eigenvalue weighted by Crippen LogP contribution is -2.33. The van der Waals surface area contributed by atoms with E-state index in [-0.39, 0.29) is 30.7 Å². The molecule has 0 fully saturated rings. The summed E-state index contributed by atoms with van der Waals surface area (Å²) in [5.74, 6) is -1.18. The molecule has 8 nitrogen and oxygen atoms in total. The summed E-state index contributed by atoms with van der Waals surface area (Å²) in [6, 6.07) is 21.3. The number of benzene rings is 2. The maximum Gasteiger partial charge on any atom is 0.253 e. The summed E-state index contributed by atoms with van der Waals surface area (Å²) < 4.78 is 0. The van der Waals surface area contributed by atoms with Crippen molar-refractivity contribution in [2.24, 2.45) is 5.92 Å². The first-order chi connectivity index (χ1) is 18.4. The smallest absolute Gasteiger partial charge is 0.253 e. The molecular formula is C30H36N4O4. The molecule has 1 atom stereocenters. The summed E-state index contributed by atoms with van der Waals surface area (Å²) in [6.07, 6.45) is 4.18. The lowest BCUT2D eigenvalue weighted by molar-refractivity contribution is -0.130. The van der Waals surface area contributed by atoms with Crippen molar-refractivity contribution in [2.45, 2.75) is 45.6 Å². The van der Waals surface area contributed by atoms with Gasteiger partial charge in [-0.1, -0.05) is 61.9 Å². The van der Waals surface area contributed by atoms with E-state index >= 15 is 0 Å². The average molecular weight is 517 g/mol. The lowest BCUT2D eigenvalue weighted by Gasteiger charge is -2.21. The summed E-state index contributed by atoms with van der Waals surface area (Å²) in [5.41, 5.74) is 5.69. The van der Waals surface area contributed by atoms with Crippen LogP contribution < -0.4 is 10.8 Å². The topological polar surface area (TPSA) is 112 Å². The molecule has 3 amide bonds. The van der Waals surface area contributed by atoms with Crippen molar-refractivity contribution in [2.75, 3.05) is 13.6 Å². The molecule has 3 rings (SSSR count). The number of rotatable bonds is 13. The number of carbonyl (C=O) groups is 3. The molecule has 0 saturated carbocycles. The van der Waals surface area contributed by atoms with Gasteiger partial charge in [-0.25, -0.2) is 5.48 Å². The summed E-state index contributed by atoms with van der Waals surface area (Å²) in [5, 5.41) is 11.7. The molecule has 2 aromatic carbocycles. The Morgan fingerprint density at radius 1 is 0.974 bits per heavy atom. The van der Waals surface area contributed by atoms with E-state index in [2.05, 4.69) is 10.3 Å². The summed E-state index contributed by atoms with van der Waals surface area (Å²) >= 11 is 0. The van der Waals surface area contributed by atoms with E-state index in [0.717, 1.165) is 28.8 Å². The van der Waals surface area contributed by atoms with Crippen molar-refractivity contribution in [3.05, 3.63) is 89.7 Å². The normalized spacial score (nSPS) is 11.4. The van der Waals surface area contributed by atoms with Crippen LogP contribution >= 0.6 is 0 Å². The Labute approximate surface area is 224 Å². The maximum atomic E-state index is 13.6. The lowest BCUT2D eigenvalue weighted by atomic mass is 9.95. The van der Waals surface area contributed by atoms with E-state index in [9.17, 15) is 14.4 Å². The molecular weight excluding hydrogens is 480 g/mol. The molecule has 0 aliphatic heterocycles. The van der Waals surface area contributed by atoms with Gasteiger partial charge in [0.05, 0.1) is 0 Å². The Kier molecular flexibility index (Phi) is 11.0. The van der Waals surface area contributed by atoms with Gasteiger partial charge in [-0.15, -0.1) is 0 Å². The molecule has 38 heavy (non-hydrogen) atoms. The molecule has 8 heteroatoms. The van der Waals surface area contributed by atoms with Crippen molar-refractivity contribution in [3.8, 4) is 11.1 Å². The van der Waals surface area contributed by atoms with Gasteiger partial charge in [0.25, 0.3) is 5.91 Å². The molecule has 0 radical (unpaired) electrons. The van der Waals surface area contributed by atoms with Crippen LogP contribution in [0.3, 0.4) is 0 Å². The minimum Gasteiger partial charge on any atom is -0.352 e. The van der Waals surface area contributed by atoms with Gasteiger partial charge < -0.3 is 10.2 Å². The first-order valence-corrected chi connectivity index (χ1v) is 13.0. The molecule has 3 aromatic rings. The van der Waals surface area contributed by atoms with Crippen LogP contribution in [0.1, 0.15) is 54.2 Å². The van der Waals surface area contributed by atoms with Gasteiger partial charge in [-0.3, -0.25) is 24.6 Å². The number of carbonyl (C=O) groups excluding carboxylic acids is 3. The minimum absolute atomic E-state index is 0.0607. The van der Waals surface area contributed by atoms with Gasteiger partial charge >= 0.3 is 0 Å². The number of amides is 3. The van der Waals surface area contributed by atoms with Crippen molar-refractivity contribution in [1.82, 2.24) is 20.7 Å². The van der Waals surface area contributed by atoms with E-state index in [1.54, 1.807) is 23.6 Å². The second-order valence-corrected chi connectivity index (χ2v) is 9.31. The van der Waals surface area contributed by atoms with Crippen LogP contribution in [0.2, 0.25) is 0 Å². The van der Waals surface area contributed by atoms with Crippen molar-refractivity contribution >= 4 is 17.7 Å². The van der Waals surface area contributed by atoms with Gasteiger partial charge in [-0.05, 0) is 47.7 Å². The number of aromatic nitrogens is 1. The molecule has 0 unspecified atom stereocenters. The number of hydrogen-bond donors (Lipinski definition) is 3. The molecule has 1 aromatic heterocycles. The van der Waals surface area contributed by atoms with Gasteiger partial charge in [0, 0.05) is 56.4 Å². The Hall–Kier alpha value is -4.04. The number of hydrogen-bond acceptors (Lipinski definition) is 5. The minimum atomic E-state index is -0.517. The van der Waals surface area contributed by atoms with E-state index in [1.807, 2.05) is 73.7 Å². The maximum absolute atomic E-state index is 13.6. The Morgan fingerprint density at radius 3 is 2.42 bits per heavy atom. The van der Waals surface area contributed by atoms with Gasteiger partial charge in [0.15, 0.2) is 0 Å². The zero-order valence-corrected chi connectivity index (χ0v) is 22.0. The standard InChI is InChI=1S/C30H36N4O4/c1-3-9-23(15-16-28(35)33-38)29(36)32-21-25-14-13-24(22-10-5-4-6-11-22)20-27(25)30(37)34(2)19-17-26-12-7-8-18-31-26/h4-8,10-14,18,20,23,38H,3,9,15-17,19,21H2,1-2H3,(H,32,36)(H,33,35)/t23-/m1/s1. The molecule has 0 spiro atoms. The fraction of sp³-hybridized carbons (Fsp3) is 0.333. The monoisotopic (exact) mass is 516 g/mol. The molecule has 0 bridgehead atoms. The fourth-order valence-corrected chi connectivity index (χ4v) is 4.32. The highest BCUT2D eigenvalue weighted by atomic mass is 16.5. The molecule has 0 aliphatic carbocycles. The first kappa shape index (κ1) is 28.5. The van der Waals surface area contributed by atoms with E-state index < -0.39 is 5.91 Å². The van der Waals surface area contributed by atoms with Crippen LogP contribution in [-0.4, -0.2) is 46.4 Å². The van der Waals surface area contributed by atoms with E-state index in [0.29, 0.717) is 31.4 Å². The van der Waals surface area contributed by atoms with Crippen LogP contribution in [0, 0.1) is 5.92 Å². The Morgan fingerprint density at radius 2 is 1.74 bits per heavy atom. The first-order valence-electron chi connectivity index (χ1n) is 13.0. The Bertz CT molecular complexity index is 1200. The highest BCUT2D eigenvalue weighted by molar-refractivity contribution is 5.97. The third-order valence-electron chi connectivity index (χ3n) is 6.53. The fourth-order valence-electron chi connectivity index (χ4n) is 4.32. The van der Waals surface area contributed by atoms with Gasteiger partial charge in [0.1, 0.15) is 0 Å². The van der Waals surface area contributed by atoms with Crippen molar-refractivity contribution < 1.29 is 19.6 Å². The number of likely N-dealkylation sites (N-methyl/N-ethyl adjacent to an activating group) is 1. The summed E-state index contributed by atoms with van der Waals surface area (Å²) in [4.78, 5) is 44.0. The third-order valence-corrected chi connectivity index (χ3v) is 6.53. The number of hydroxylamine groups is 1. The molecule has 1 heterocycles. The predicted molar refractivity (Wildman–Crippen MR) is 146 cm³/mol. The highest BCUT2D eigenvalue weighted by Gasteiger charge is 2.21. The molecule has 200 valence electrons. The SMILES string of the molecule is CCC[C@H](CCC(=O)NO)C(=O)NCc1ccc(-c2ccccc2)cc1C(=O)N(C)CCc1ccccn1. The zero-order valence-electron chi connectivity index (χ0n) is 22.0. The number of pyridine rings is 1. The summed E-state index contributed by atoms with van der Waals surface area (Å²) in [6.45, 7) is 2.67. The highest BCUT2D eigenvalue weighted by Crippen LogP contribution is 2.24. The molecule has 0 saturated heterocycles. The molecule has 0 aliphatic rings. The second-order valence-electron chi connectivity index (χ2n) is 9.31. The molecule has 3 N–H and O–H groups in total. The Balaban J connectivity index is 1.79. The average Bonchev–Trinajstić information content (AvgIpc) is 2.97. The number of nitrogens with one attached hydrogen (secondary N) is 2. The van der Waals surface area contributed by atoms with Crippen LogP contribution in [0.5, 0.6) is 0 Å². The van der Waals surface area contributed by atoms with Crippen LogP contribution in [0.25, 0.3) is 11.1 Å². The third kappa shape index (κ3) is 8.24. The van der Waals surface area contributed by atoms with Crippen LogP contribution in [-0.2, 0) is 22.6 Å². The zero-order chi connectivity index (χ0) is 27.3. The van der Waals surface area contributed by atoms with Crippen LogP contribution in [0.15, 0.2) is 72.9 Å².